The van der Waals surface area contributed by atoms with E-state index in [1.807, 2.05) is 6.07 Å². The summed E-state index contributed by atoms with van der Waals surface area (Å²) in [7, 11) is 0. The molecule has 0 spiro atoms. The topological polar surface area (TPSA) is 71.6 Å². The predicted molar refractivity (Wildman–Crippen MR) is 61.6 cm³/mol. The maximum atomic E-state index is 11.6. The van der Waals surface area contributed by atoms with Crippen molar-refractivity contribution in [2.24, 2.45) is 0 Å². The Morgan fingerprint density at radius 1 is 1.47 bits per heavy atom. The lowest BCUT2D eigenvalue weighted by molar-refractivity contribution is 0.731. The zero-order chi connectivity index (χ0) is 12.3. The molecule has 2 heterocycles. The van der Waals surface area contributed by atoms with Gasteiger partial charge in [-0.15, -0.1) is 0 Å². The zero-order valence-corrected chi connectivity index (χ0v) is 9.42. The molecule has 2 aromatic rings. The van der Waals surface area contributed by atoms with Crippen LogP contribution in [-0.4, -0.2) is 14.5 Å². The molecule has 0 unspecified atom stereocenters. The van der Waals surface area contributed by atoms with Crippen LogP contribution in [0.2, 0.25) is 5.15 Å². The normalized spacial score (nSPS) is 9.88. The molecule has 0 radical (unpaired) electrons. The van der Waals surface area contributed by atoms with Gasteiger partial charge in [0.05, 0.1) is 12.9 Å². The first kappa shape index (κ1) is 11.3. The highest BCUT2D eigenvalue weighted by atomic mass is 35.5. The quantitative estimate of drug-likeness (QED) is 0.747. The Balaban J connectivity index is 2.39. The molecule has 0 saturated heterocycles. The van der Waals surface area contributed by atoms with Crippen LogP contribution >= 0.6 is 11.6 Å². The number of pyridine rings is 1. The van der Waals surface area contributed by atoms with Gasteiger partial charge in [0, 0.05) is 17.8 Å². The average Bonchev–Trinajstić information content (AvgIpc) is 2.33. The van der Waals surface area contributed by atoms with E-state index in [1.165, 1.54) is 23.2 Å². The van der Waals surface area contributed by atoms with E-state index >= 15 is 0 Å². The fraction of sp³-hybridized carbons (Fsp3) is 0.0909. The van der Waals surface area contributed by atoms with Gasteiger partial charge in [0.15, 0.2) is 0 Å². The van der Waals surface area contributed by atoms with Crippen LogP contribution in [0.5, 0.6) is 0 Å². The van der Waals surface area contributed by atoms with Crippen LogP contribution in [0, 0.1) is 11.3 Å². The van der Waals surface area contributed by atoms with Gasteiger partial charge >= 0.3 is 0 Å². The third-order valence-electron chi connectivity index (χ3n) is 2.18. The molecule has 6 heteroatoms. The number of nitrogens with zero attached hydrogens (tertiary/aromatic N) is 4. The Kier molecular flexibility index (Phi) is 3.17. The fourth-order valence-corrected chi connectivity index (χ4v) is 1.51. The first-order valence-electron chi connectivity index (χ1n) is 4.76. The van der Waals surface area contributed by atoms with Gasteiger partial charge in [-0.2, -0.15) is 5.26 Å². The van der Waals surface area contributed by atoms with E-state index in [-0.39, 0.29) is 17.3 Å². The van der Waals surface area contributed by atoms with E-state index < -0.39 is 0 Å². The highest BCUT2D eigenvalue weighted by molar-refractivity contribution is 6.29. The molecule has 84 valence electrons. The second-order valence-corrected chi connectivity index (χ2v) is 3.69. The van der Waals surface area contributed by atoms with Gasteiger partial charge in [-0.05, 0) is 6.07 Å². The van der Waals surface area contributed by atoms with Crippen LogP contribution in [0.15, 0.2) is 35.5 Å². The Bertz CT molecular complexity index is 644. The monoisotopic (exact) mass is 246 g/mol. The van der Waals surface area contributed by atoms with Crippen molar-refractivity contribution in [1.82, 2.24) is 14.5 Å². The summed E-state index contributed by atoms with van der Waals surface area (Å²) >= 11 is 5.59. The summed E-state index contributed by atoms with van der Waals surface area (Å²) in [4.78, 5) is 19.3. The third-order valence-corrected chi connectivity index (χ3v) is 2.39. The molecular formula is C11H7ClN4O. The van der Waals surface area contributed by atoms with Crippen molar-refractivity contribution in [2.45, 2.75) is 6.54 Å². The molecule has 0 amide bonds. The summed E-state index contributed by atoms with van der Waals surface area (Å²) in [6.07, 6.45) is 2.88. The Morgan fingerprint density at radius 2 is 2.29 bits per heavy atom. The van der Waals surface area contributed by atoms with E-state index in [1.54, 1.807) is 12.1 Å². The van der Waals surface area contributed by atoms with Crippen LogP contribution in [-0.2, 0) is 6.54 Å². The molecule has 2 aromatic heterocycles. The molecular weight excluding hydrogens is 240 g/mol. The second kappa shape index (κ2) is 4.76. The van der Waals surface area contributed by atoms with Crippen molar-refractivity contribution < 1.29 is 0 Å². The molecule has 0 aliphatic carbocycles. The Morgan fingerprint density at radius 3 is 3.00 bits per heavy atom. The maximum Gasteiger partial charge on any atom is 0.255 e. The zero-order valence-electron chi connectivity index (χ0n) is 8.67. The maximum absolute atomic E-state index is 11.6. The molecule has 0 saturated carbocycles. The van der Waals surface area contributed by atoms with Gasteiger partial charge in [-0.25, -0.2) is 9.97 Å². The number of halogens is 1. The van der Waals surface area contributed by atoms with E-state index in [9.17, 15) is 4.79 Å². The molecule has 2 rings (SSSR count). The first-order chi connectivity index (χ1) is 8.20. The number of aromatic nitrogens is 3. The fourth-order valence-electron chi connectivity index (χ4n) is 1.37. The van der Waals surface area contributed by atoms with Crippen molar-refractivity contribution in [2.75, 3.05) is 0 Å². The van der Waals surface area contributed by atoms with Gasteiger partial charge < -0.3 is 0 Å². The minimum Gasteiger partial charge on any atom is -0.295 e. The van der Waals surface area contributed by atoms with Gasteiger partial charge in [0.2, 0.25) is 0 Å². The van der Waals surface area contributed by atoms with Crippen molar-refractivity contribution in [3.63, 3.8) is 0 Å². The predicted octanol–water partition coefficient (Wildman–Crippen LogP) is 1.21. The summed E-state index contributed by atoms with van der Waals surface area (Å²) in [6, 6.07) is 6.66. The smallest absolute Gasteiger partial charge is 0.255 e. The van der Waals surface area contributed by atoms with Crippen molar-refractivity contribution in [3.05, 3.63) is 57.5 Å². The molecule has 0 aliphatic rings. The summed E-state index contributed by atoms with van der Waals surface area (Å²) in [5.74, 6) is 0. The molecule has 17 heavy (non-hydrogen) atoms. The summed E-state index contributed by atoms with van der Waals surface area (Å²) in [5, 5.41) is 9.02. The molecule has 0 bridgehead atoms. The number of hydrogen-bond acceptors (Lipinski definition) is 4. The number of hydrogen-bond donors (Lipinski definition) is 0. The van der Waals surface area contributed by atoms with E-state index in [4.69, 9.17) is 16.9 Å². The summed E-state index contributed by atoms with van der Waals surface area (Å²) in [5.41, 5.74) is 0.702. The SMILES string of the molecule is N#Cc1ncccc1Cn1cnc(Cl)cc1=O. The lowest BCUT2D eigenvalue weighted by atomic mass is 10.2. The molecule has 5 nitrogen and oxygen atoms in total. The Hall–Kier alpha value is -2.19. The van der Waals surface area contributed by atoms with Crippen LogP contribution in [0.25, 0.3) is 0 Å². The lowest BCUT2D eigenvalue weighted by Gasteiger charge is -2.05. The van der Waals surface area contributed by atoms with E-state index in [2.05, 4.69) is 9.97 Å². The van der Waals surface area contributed by atoms with Crippen molar-refractivity contribution >= 4 is 11.6 Å². The van der Waals surface area contributed by atoms with Gasteiger partial charge in [-0.1, -0.05) is 17.7 Å². The molecule has 0 atom stereocenters. The van der Waals surface area contributed by atoms with Crippen LogP contribution in [0.1, 0.15) is 11.3 Å². The van der Waals surface area contributed by atoms with Crippen molar-refractivity contribution in [1.29, 1.82) is 5.26 Å². The standard InChI is InChI=1S/C11H7ClN4O/c12-10-4-11(17)16(7-15-10)6-8-2-1-3-14-9(8)5-13/h1-4,7H,6H2. The lowest BCUT2D eigenvalue weighted by Crippen LogP contribution is -2.20. The molecule has 0 N–H and O–H groups in total. The van der Waals surface area contributed by atoms with E-state index in [0.717, 1.165) is 0 Å². The molecule has 0 aliphatic heterocycles. The second-order valence-electron chi connectivity index (χ2n) is 3.30. The highest BCUT2D eigenvalue weighted by Crippen LogP contribution is 2.05. The van der Waals surface area contributed by atoms with E-state index in [0.29, 0.717) is 11.3 Å². The van der Waals surface area contributed by atoms with Gasteiger partial charge in [0.1, 0.15) is 16.9 Å². The van der Waals surface area contributed by atoms with Gasteiger partial charge in [-0.3, -0.25) is 9.36 Å². The average molecular weight is 247 g/mol. The van der Waals surface area contributed by atoms with Crippen LogP contribution < -0.4 is 5.56 Å². The molecule has 0 aromatic carbocycles. The first-order valence-corrected chi connectivity index (χ1v) is 5.14. The third kappa shape index (κ3) is 2.49. The van der Waals surface area contributed by atoms with Gasteiger partial charge in [0.25, 0.3) is 5.56 Å². The largest absolute Gasteiger partial charge is 0.295 e. The summed E-state index contributed by atoms with van der Waals surface area (Å²) < 4.78 is 1.36. The van der Waals surface area contributed by atoms with Crippen LogP contribution in [0.4, 0.5) is 0 Å². The molecule has 0 fully saturated rings. The number of rotatable bonds is 2. The van der Waals surface area contributed by atoms with Crippen molar-refractivity contribution in [3.8, 4) is 6.07 Å². The highest BCUT2D eigenvalue weighted by Gasteiger charge is 2.05. The Labute approximate surface area is 102 Å². The number of nitriles is 1. The minimum atomic E-state index is -0.266. The minimum absolute atomic E-state index is 0.151. The van der Waals surface area contributed by atoms with Crippen LogP contribution in [0.3, 0.4) is 0 Å². The summed E-state index contributed by atoms with van der Waals surface area (Å²) in [6.45, 7) is 0.250.